The minimum Gasteiger partial charge on any atom is -0.294 e. The molecule has 5 nitrogen and oxygen atoms in total. The van der Waals surface area contributed by atoms with Gasteiger partial charge in [-0.2, -0.15) is 3.97 Å². The van der Waals surface area contributed by atoms with E-state index in [2.05, 4.69) is 17.7 Å². The van der Waals surface area contributed by atoms with Gasteiger partial charge in [0.2, 0.25) is 0 Å². The second kappa shape index (κ2) is 6.41. The second-order valence-electron chi connectivity index (χ2n) is 0.774. The lowest BCUT2D eigenvalue weighted by atomic mass is 11.8. The van der Waals surface area contributed by atoms with Crippen molar-refractivity contribution in [2.45, 2.75) is 0 Å². The number of hydrogen-bond donors (Lipinski definition) is 0. The molecule has 1 radical (unpaired) electrons. The standard InChI is InChI=1S/C2H6O5PS/c1-4-6-8(3)7-9-5-2/h1-2H3. The van der Waals surface area contributed by atoms with Gasteiger partial charge in [0, 0.05) is 0 Å². The molecule has 55 valence electrons. The Labute approximate surface area is 57.9 Å². The highest BCUT2D eigenvalue weighted by atomic mass is 32.2. The monoisotopic (exact) mass is 173 g/mol. The minimum absolute atomic E-state index is 0.567. The smallest absolute Gasteiger partial charge is 0.294 e. The fraction of sp³-hybridized carbons (Fsp3) is 1.00. The molecule has 0 fully saturated rings. The van der Waals surface area contributed by atoms with Crippen LogP contribution in [-0.4, -0.2) is 14.2 Å². The summed E-state index contributed by atoms with van der Waals surface area (Å²) in [5.41, 5.74) is 0. The van der Waals surface area contributed by atoms with Gasteiger partial charge in [0.25, 0.3) is 0 Å². The molecule has 0 aromatic rings. The Morgan fingerprint density at radius 1 is 1.44 bits per heavy atom. The summed E-state index contributed by atoms with van der Waals surface area (Å²) in [4.78, 5) is 4.02. The average molecular weight is 173 g/mol. The molecule has 0 aromatic heterocycles. The van der Waals surface area contributed by atoms with Gasteiger partial charge in [-0.05, 0) is 0 Å². The van der Waals surface area contributed by atoms with Gasteiger partial charge in [0.15, 0.2) is 12.3 Å². The van der Waals surface area contributed by atoms with Crippen molar-refractivity contribution in [2.75, 3.05) is 14.2 Å². The molecular formula is C2H6O5PS. The summed E-state index contributed by atoms with van der Waals surface area (Å²) in [5, 5.41) is 0. The summed E-state index contributed by atoms with van der Waals surface area (Å²) < 4.78 is 22.9. The first-order valence-corrected chi connectivity index (χ1v) is 3.63. The molecule has 0 aliphatic heterocycles. The molecule has 0 heterocycles. The third-order valence-corrected chi connectivity index (χ3v) is 1.43. The van der Waals surface area contributed by atoms with E-state index in [9.17, 15) is 4.57 Å². The minimum atomic E-state index is -2.22. The Hall–Kier alpha value is 0.290. The Kier molecular flexibility index (Phi) is 6.62. The van der Waals surface area contributed by atoms with Crippen LogP contribution in [0.5, 0.6) is 0 Å². The Morgan fingerprint density at radius 2 is 2.11 bits per heavy atom. The topological polar surface area (TPSA) is 54.0 Å². The van der Waals surface area contributed by atoms with E-state index in [1.165, 1.54) is 14.2 Å². The van der Waals surface area contributed by atoms with E-state index >= 15 is 0 Å². The Balaban J connectivity index is 3.06. The predicted molar refractivity (Wildman–Crippen MR) is 31.4 cm³/mol. The van der Waals surface area contributed by atoms with Crippen LogP contribution in [0.25, 0.3) is 0 Å². The van der Waals surface area contributed by atoms with Crippen LogP contribution in [0.2, 0.25) is 0 Å². The molecule has 0 bridgehead atoms. The maximum Gasteiger partial charge on any atom is 0.412 e. The van der Waals surface area contributed by atoms with Crippen LogP contribution in [0.3, 0.4) is 0 Å². The van der Waals surface area contributed by atoms with Crippen LogP contribution < -0.4 is 0 Å². The summed E-state index contributed by atoms with van der Waals surface area (Å²) >= 11 is 0.567. The molecule has 0 aliphatic rings. The summed E-state index contributed by atoms with van der Waals surface area (Å²) in [6.45, 7) is 0. The lowest BCUT2D eigenvalue weighted by molar-refractivity contribution is -0.177. The quantitative estimate of drug-likeness (QED) is 0.271. The van der Waals surface area contributed by atoms with Gasteiger partial charge in [-0.25, -0.2) is 9.45 Å². The zero-order valence-electron chi connectivity index (χ0n) is 4.90. The molecule has 7 heteroatoms. The van der Waals surface area contributed by atoms with Gasteiger partial charge in [-0.1, -0.05) is 0 Å². The first-order valence-electron chi connectivity index (χ1n) is 1.86. The molecule has 0 saturated carbocycles. The van der Waals surface area contributed by atoms with Gasteiger partial charge in [0.05, 0.1) is 14.2 Å². The van der Waals surface area contributed by atoms with Gasteiger partial charge in [-0.15, -0.1) is 4.67 Å². The van der Waals surface area contributed by atoms with Crippen molar-refractivity contribution in [1.82, 2.24) is 0 Å². The zero-order chi connectivity index (χ0) is 7.11. The van der Waals surface area contributed by atoms with Gasteiger partial charge >= 0.3 is 8.25 Å². The van der Waals surface area contributed by atoms with E-state index in [1.54, 1.807) is 0 Å². The maximum absolute atomic E-state index is 10.3. The second-order valence-corrected chi connectivity index (χ2v) is 2.44. The number of hydrogen-bond acceptors (Lipinski definition) is 6. The highest BCUT2D eigenvalue weighted by Crippen LogP contribution is 2.29. The Bertz CT molecular complexity index is 87.0. The molecule has 0 N–H and O–H groups in total. The lowest BCUT2D eigenvalue weighted by Gasteiger charge is -1.94. The van der Waals surface area contributed by atoms with Crippen molar-refractivity contribution in [2.24, 2.45) is 0 Å². The largest absolute Gasteiger partial charge is 0.412 e. The zero-order valence-corrected chi connectivity index (χ0v) is 6.61. The van der Waals surface area contributed by atoms with E-state index in [1.807, 2.05) is 0 Å². The van der Waals surface area contributed by atoms with Crippen LogP contribution in [0.4, 0.5) is 0 Å². The molecule has 9 heavy (non-hydrogen) atoms. The highest BCUT2D eigenvalue weighted by Gasteiger charge is 2.01. The summed E-state index contributed by atoms with van der Waals surface area (Å²) in [6, 6.07) is 0. The Morgan fingerprint density at radius 3 is 2.56 bits per heavy atom. The normalized spacial score (nSPS) is 11.6. The van der Waals surface area contributed by atoms with Gasteiger partial charge < -0.3 is 0 Å². The van der Waals surface area contributed by atoms with Gasteiger partial charge in [-0.3, -0.25) is 4.18 Å². The van der Waals surface area contributed by atoms with Crippen molar-refractivity contribution in [3.05, 3.63) is 0 Å². The van der Waals surface area contributed by atoms with E-state index < -0.39 is 8.25 Å². The third-order valence-electron chi connectivity index (χ3n) is 0.295. The van der Waals surface area contributed by atoms with E-state index in [-0.39, 0.29) is 0 Å². The lowest BCUT2D eigenvalue weighted by Crippen LogP contribution is -1.76. The molecule has 0 amide bonds. The van der Waals surface area contributed by atoms with Crippen molar-refractivity contribution < 1.29 is 22.3 Å². The van der Waals surface area contributed by atoms with Gasteiger partial charge in [0.1, 0.15) is 0 Å². The average Bonchev–Trinajstić information content (AvgIpc) is 1.85. The maximum atomic E-state index is 10.3. The molecule has 0 spiro atoms. The van der Waals surface area contributed by atoms with Crippen LogP contribution in [-0.2, 0) is 22.3 Å². The highest BCUT2D eigenvalue weighted by molar-refractivity contribution is 7.92. The molecule has 0 saturated heterocycles. The predicted octanol–water partition coefficient (Wildman–Crippen LogP) is 1.45. The van der Waals surface area contributed by atoms with Crippen molar-refractivity contribution in [1.29, 1.82) is 0 Å². The summed E-state index contributed by atoms with van der Waals surface area (Å²) in [6.07, 6.45) is 0. The van der Waals surface area contributed by atoms with Crippen LogP contribution >= 0.6 is 20.6 Å². The van der Waals surface area contributed by atoms with E-state index in [0.717, 1.165) is 0 Å². The summed E-state index contributed by atoms with van der Waals surface area (Å²) in [5.74, 6) is 0. The van der Waals surface area contributed by atoms with E-state index in [4.69, 9.17) is 0 Å². The first-order chi connectivity index (χ1) is 4.31. The molecule has 0 aliphatic carbocycles. The van der Waals surface area contributed by atoms with Crippen LogP contribution in [0, 0.1) is 0 Å². The fourth-order valence-electron chi connectivity index (χ4n) is 0.129. The fourth-order valence-corrected chi connectivity index (χ4v) is 0.792. The van der Waals surface area contributed by atoms with Crippen molar-refractivity contribution in [3.63, 3.8) is 0 Å². The SMILES string of the molecule is COO[P](=O)OSOC. The summed E-state index contributed by atoms with van der Waals surface area (Å²) in [7, 11) is 0.385. The molecular weight excluding hydrogens is 167 g/mol. The van der Waals surface area contributed by atoms with Crippen molar-refractivity contribution in [3.8, 4) is 0 Å². The molecule has 0 aromatic carbocycles. The van der Waals surface area contributed by atoms with Crippen molar-refractivity contribution >= 4 is 20.6 Å². The first kappa shape index (κ1) is 9.29. The molecule has 1 unspecified atom stereocenters. The van der Waals surface area contributed by atoms with Crippen LogP contribution in [0.15, 0.2) is 0 Å². The third kappa shape index (κ3) is 6.17. The number of rotatable bonds is 5. The molecule has 1 atom stereocenters. The van der Waals surface area contributed by atoms with E-state index in [0.29, 0.717) is 12.3 Å². The molecule has 0 rings (SSSR count). The van der Waals surface area contributed by atoms with Crippen LogP contribution in [0.1, 0.15) is 0 Å².